The summed E-state index contributed by atoms with van der Waals surface area (Å²) in [7, 11) is 1.58. The van der Waals surface area contributed by atoms with Gasteiger partial charge in [0.05, 0.1) is 19.3 Å². The summed E-state index contributed by atoms with van der Waals surface area (Å²) in [5, 5.41) is 11.9. The zero-order valence-electron chi connectivity index (χ0n) is 11.0. The lowest BCUT2D eigenvalue weighted by atomic mass is 9.84. The standard InChI is InChI=1S/C13H22N2O3/c1-17-7-8-18-10-13(16)15-12(9-14)11-5-3-2-4-6-11/h11-12H,2-8,10H2,1H3,(H,15,16). The Bertz CT molecular complexity index is 282. The first kappa shape index (κ1) is 14.9. The van der Waals surface area contributed by atoms with Crippen LogP contribution in [0.2, 0.25) is 0 Å². The van der Waals surface area contributed by atoms with Gasteiger partial charge in [-0.1, -0.05) is 19.3 Å². The topological polar surface area (TPSA) is 71.3 Å². The van der Waals surface area contributed by atoms with Gasteiger partial charge in [-0.2, -0.15) is 5.26 Å². The van der Waals surface area contributed by atoms with Crippen molar-refractivity contribution in [3.8, 4) is 6.07 Å². The highest BCUT2D eigenvalue weighted by atomic mass is 16.5. The van der Waals surface area contributed by atoms with E-state index in [1.54, 1.807) is 7.11 Å². The predicted molar refractivity (Wildman–Crippen MR) is 66.8 cm³/mol. The zero-order chi connectivity index (χ0) is 13.2. The van der Waals surface area contributed by atoms with Gasteiger partial charge >= 0.3 is 0 Å². The van der Waals surface area contributed by atoms with E-state index in [1.165, 1.54) is 6.42 Å². The lowest BCUT2D eigenvalue weighted by Crippen LogP contribution is -2.41. The van der Waals surface area contributed by atoms with E-state index in [-0.39, 0.29) is 18.6 Å². The molecule has 0 heterocycles. The van der Waals surface area contributed by atoms with Crippen molar-refractivity contribution in [1.29, 1.82) is 5.26 Å². The van der Waals surface area contributed by atoms with Gasteiger partial charge in [0.1, 0.15) is 12.6 Å². The molecule has 1 fully saturated rings. The number of nitrogens with one attached hydrogen (secondary N) is 1. The number of hydrogen-bond donors (Lipinski definition) is 1. The van der Waals surface area contributed by atoms with E-state index >= 15 is 0 Å². The van der Waals surface area contributed by atoms with Crippen molar-refractivity contribution >= 4 is 5.91 Å². The maximum Gasteiger partial charge on any atom is 0.247 e. The van der Waals surface area contributed by atoms with Crippen LogP contribution in [-0.4, -0.2) is 38.9 Å². The van der Waals surface area contributed by atoms with Crippen molar-refractivity contribution in [3.63, 3.8) is 0 Å². The minimum Gasteiger partial charge on any atom is -0.382 e. The monoisotopic (exact) mass is 254 g/mol. The number of carbonyl (C=O) groups excluding carboxylic acids is 1. The minimum atomic E-state index is -0.371. The van der Waals surface area contributed by atoms with Crippen LogP contribution in [0, 0.1) is 17.2 Å². The van der Waals surface area contributed by atoms with Crippen LogP contribution in [-0.2, 0) is 14.3 Å². The normalized spacial score (nSPS) is 18.0. The van der Waals surface area contributed by atoms with Crippen molar-refractivity contribution in [2.24, 2.45) is 5.92 Å². The molecule has 1 rings (SSSR count). The lowest BCUT2D eigenvalue weighted by molar-refractivity contribution is -0.126. The molecule has 1 atom stereocenters. The van der Waals surface area contributed by atoms with E-state index < -0.39 is 0 Å². The van der Waals surface area contributed by atoms with Crippen LogP contribution in [0.25, 0.3) is 0 Å². The van der Waals surface area contributed by atoms with Gasteiger partial charge in [0.2, 0.25) is 5.91 Å². The second-order valence-corrected chi connectivity index (χ2v) is 4.62. The number of methoxy groups -OCH3 is 1. The summed E-state index contributed by atoms with van der Waals surface area (Å²) in [4.78, 5) is 11.6. The number of ether oxygens (including phenoxy) is 2. The first-order valence-corrected chi connectivity index (χ1v) is 6.53. The second-order valence-electron chi connectivity index (χ2n) is 4.62. The molecular formula is C13H22N2O3. The van der Waals surface area contributed by atoms with Gasteiger partial charge < -0.3 is 14.8 Å². The number of amides is 1. The fraction of sp³-hybridized carbons (Fsp3) is 0.846. The number of nitrogens with zero attached hydrogens (tertiary/aromatic N) is 1. The second kappa shape index (κ2) is 8.90. The Kier molecular flexibility index (Phi) is 7.38. The van der Waals surface area contributed by atoms with E-state index in [0.29, 0.717) is 19.1 Å². The number of carbonyl (C=O) groups is 1. The van der Waals surface area contributed by atoms with Gasteiger partial charge in [0.25, 0.3) is 0 Å². The van der Waals surface area contributed by atoms with E-state index in [9.17, 15) is 4.79 Å². The van der Waals surface area contributed by atoms with Crippen LogP contribution in [0.4, 0.5) is 0 Å². The van der Waals surface area contributed by atoms with Crippen molar-refractivity contribution in [3.05, 3.63) is 0 Å². The zero-order valence-corrected chi connectivity index (χ0v) is 11.0. The highest BCUT2D eigenvalue weighted by Crippen LogP contribution is 2.26. The summed E-state index contributed by atoms with van der Waals surface area (Å²) in [6.45, 7) is 0.858. The average Bonchev–Trinajstić information content (AvgIpc) is 2.42. The van der Waals surface area contributed by atoms with Gasteiger partial charge in [-0.25, -0.2) is 0 Å². The molecule has 0 radical (unpaired) electrons. The lowest BCUT2D eigenvalue weighted by Gasteiger charge is -2.26. The van der Waals surface area contributed by atoms with Crippen LogP contribution in [0.15, 0.2) is 0 Å². The smallest absolute Gasteiger partial charge is 0.247 e. The number of rotatable bonds is 7. The molecule has 1 unspecified atom stereocenters. The maximum atomic E-state index is 11.6. The van der Waals surface area contributed by atoms with E-state index in [4.69, 9.17) is 14.7 Å². The highest BCUT2D eigenvalue weighted by molar-refractivity contribution is 5.77. The average molecular weight is 254 g/mol. The number of hydrogen-bond acceptors (Lipinski definition) is 4. The van der Waals surface area contributed by atoms with Crippen molar-refractivity contribution in [2.75, 3.05) is 26.9 Å². The van der Waals surface area contributed by atoms with Crippen LogP contribution < -0.4 is 5.32 Å². The summed E-state index contributed by atoms with van der Waals surface area (Å²) in [5.74, 6) is 0.0786. The molecule has 102 valence electrons. The Morgan fingerprint density at radius 3 is 2.72 bits per heavy atom. The van der Waals surface area contributed by atoms with E-state index in [2.05, 4.69) is 11.4 Å². The molecule has 0 aromatic carbocycles. The molecule has 0 bridgehead atoms. The summed E-state index contributed by atoms with van der Waals surface area (Å²) >= 11 is 0. The first-order valence-electron chi connectivity index (χ1n) is 6.53. The quantitative estimate of drug-likeness (QED) is 0.694. The molecule has 0 aliphatic heterocycles. The van der Waals surface area contributed by atoms with Crippen molar-refractivity contribution in [2.45, 2.75) is 38.1 Å². The molecule has 1 amide bonds. The molecular weight excluding hydrogens is 232 g/mol. The molecule has 1 aliphatic carbocycles. The largest absolute Gasteiger partial charge is 0.382 e. The third-order valence-corrected chi connectivity index (χ3v) is 3.24. The van der Waals surface area contributed by atoms with Crippen LogP contribution in [0.1, 0.15) is 32.1 Å². The molecule has 0 aromatic rings. The molecule has 5 nitrogen and oxygen atoms in total. The third-order valence-electron chi connectivity index (χ3n) is 3.24. The highest BCUT2D eigenvalue weighted by Gasteiger charge is 2.24. The van der Waals surface area contributed by atoms with Gasteiger partial charge in [-0.3, -0.25) is 4.79 Å². The molecule has 1 aliphatic rings. The maximum absolute atomic E-state index is 11.6. The molecule has 18 heavy (non-hydrogen) atoms. The Morgan fingerprint density at radius 1 is 1.39 bits per heavy atom. The van der Waals surface area contributed by atoms with Gasteiger partial charge in [-0.15, -0.1) is 0 Å². The van der Waals surface area contributed by atoms with Gasteiger partial charge in [-0.05, 0) is 18.8 Å². The Hall–Kier alpha value is -1.12. The predicted octanol–water partition coefficient (Wildman–Crippen LogP) is 1.24. The van der Waals surface area contributed by atoms with Crippen LogP contribution in [0.3, 0.4) is 0 Å². The van der Waals surface area contributed by atoms with Crippen molar-refractivity contribution < 1.29 is 14.3 Å². The molecule has 0 spiro atoms. The van der Waals surface area contributed by atoms with Gasteiger partial charge in [0.15, 0.2) is 0 Å². The Labute approximate surface area is 108 Å². The van der Waals surface area contributed by atoms with Gasteiger partial charge in [0, 0.05) is 7.11 Å². The molecule has 0 aromatic heterocycles. The Balaban J connectivity index is 2.24. The van der Waals surface area contributed by atoms with Crippen molar-refractivity contribution in [1.82, 2.24) is 5.32 Å². The summed E-state index contributed by atoms with van der Waals surface area (Å²) in [5.41, 5.74) is 0. The fourth-order valence-electron chi connectivity index (χ4n) is 2.25. The van der Waals surface area contributed by atoms with Crippen LogP contribution >= 0.6 is 0 Å². The summed E-state index contributed by atoms with van der Waals surface area (Å²) in [6.07, 6.45) is 5.61. The molecule has 0 saturated heterocycles. The summed E-state index contributed by atoms with van der Waals surface area (Å²) < 4.78 is 9.93. The minimum absolute atomic E-state index is 0.00569. The molecule has 1 saturated carbocycles. The van der Waals surface area contributed by atoms with E-state index in [1.807, 2.05) is 0 Å². The fourth-order valence-corrected chi connectivity index (χ4v) is 2.25. The third kappa shape index (κ3) is 5.48. The molecule has 1 N–H and O–H groups in total. The SMILES string of the molecule is COCCOCC(=O)NC(C#N)C1CCCCC1. The molecule has 5 heteroatoms. The first-order chi connectivity index (χ1) is 8.77. The van der Waals surface area contributed by atoms with E-state index in [0.717, 1.165) is 25.7 Å². The Morgan fingerprint density at radius 2 is 2.11 bits per heavy atom. The van der Waals surface area contributed by atoms with Crippen LogP contribution in [0.5, 0.6) is 0 Å². The number of nitriles is 1. The summed E-state index contributed by atoms with van der Waals surface area (Å²) in [6, 6.07) is 1.82.